The number of nitrogens with zero attached hydrogens (tertiary/aromatic N) is 1. The number of aromatic nitrogens is 1. The maximum absolute atomic E-state index is 11.8. The molecule has 0 saturated heterocycles. The topological polar surface area (TPSA) is 54.3 Å². The van der Waals surface area contributed by atoms with Gasteiger partial charge in [0.1, 0.15) is 0 Å². The molecule has 0 aliphatic heterocycles. The Morgan fingerprint density at radius 2 is 1.88 bits per heavy atom. The van der Waals surface area contributed by atoms with Crippen molar-refractivity contribution in [2.45, 2.75) is 46.7 Å². The van der Waals surface area contributed by atoms with E-state index in [9.17, 15) is 9.90 Å². The van der Waals surface area contributed by atoms with E-state index >= 15 is 0 Å². The molecule has 142 valence electrons. The van der Waals surface area contributed by atoms with Crippen LogP contribution in [0, 0.1) is 13.8 Å². The van der Waals surface area contributed by atoms with Gasteiger partial charge in [0.05, 0.1) is 5.56 Å². The first-order valence-electron chi connectivity index (χ1n) is 9.30. The molecule has 1 aromatic carbocycles. The highest BCUT2D eigenvalue weighted by Crippen LogP contribution is 2.24. The first-order valence-corrected chi connectivity index (χ1v) is 10.5. The Balaban J connectivity index is 2.07. The van der Waals surface area contributed by atoms with Crippen LogP contribution < -0.4 is 5.32 Å². The lowest BCUT2D eigenvalue weighted by Crippen LogP contribution is -2.17. The molecule has 5 heteroatoms. The summed E-state index contributed by atoms with van der Waals surface area (Å²) in [5, 5.41) is 13.1. The quantitative estimate of drug-likeness (QED) is 0.570. The lowest BCUT2D eigenvalue weighted by atomic mass is 10.1. The minimum atomic E-state index is -0.840. The van der Waals surface area contributed by atoms with Crippen molar-refractivity contribution in [2.24, 2.45) is 0 Å². The van der Waals surface area contributed by atoms with Gasteiger partial charge in [-0.15, -0.1) is 0 Å². The van der Waals surface area contributed by atoms with Gasteiger partial charge in [0.2, 0.25) is 0 Å². The van der Waals surface area contributed by atoms with Crippen LogP contribution in [0.2, 0.25) is 0 Å². The molecule has 2 N–H and O–H groups in total. The molecule has 2 aromatic rings. The monoisotopic (exact) mass is 374 g/mol. The molecular formula is C21H30N2O2S. The maximum Gasteiger partial charge on any atom is 0.337 e. The van der Waals surface area contributed by atoms with Crippen LogP contribution in [0.15, 0.2) is 30.3 Å². The van der Waals surface area contributed by atoms with E-state index in [4.69, 9.17) is 0 Å². The number of thioether (sulfide) groups is 1. The number of benzene rings is 1. The lowest BCUT2D eigenvalue weighted by Gasteiger charge is -2.10. The van der Waals surface area contributed by atoms with Crippen molar-refractivity contribution in [3.63, 3.8) is 0 Å². The molecule has 0 aliphatic carbocycles. The third-order valence-corrected chi connectivity index (χ3v) is 5.87. The van der Waals surface area contributed by atoms with Crippen molar-refractivity contribution in [2.75, 3.05) is 18.1 Å². The molecule has 0 atom stereocenters. The number of hydrogen-bond donors (Lipinski definition) is 2. The van der Waals surface area contributed by atoms with Crippen LogP contribution in [-0.4, -0.2) is 33.7 Å². The highest BCUT2D eigenvalue weighted by atomic mass is 32.2. The molecule has 1 aromatic heterocycles. The average molecular weight is 375 g/mol. The molecule has 0 amide bonds. The number of nitrogens with one attached hydrogen (secondary N) is 1. The smallest absolute Gasteiger partial charge is 0.337 e. The van der Waals surface area contributed by atoms with Gasteiger partial charge in [-0.25, -0.2) is 4.79 Å². The second kappa shape index (κ2) is 10.4. The van der Waals surface area contributed by atoms with Gasteiger partial charge in [0.15, 0.2) is 0 Å². The molecule has 4 nitrogen and oxygen atoms in total. The number of rotatable bonds is 11. The fourth-order valence-corrected chi connectivity index (χ4v) is 4.05. The van der Waals surface area contributed by atoms with E-state index in [1.165, 1.54) is 17.7 Å². The van der Waals surface area contributed by atoms with Crippen molar-refractivity contribution in [1.82, 2.24) is 9.88 Å². The summed E-state index contributed by atoms with van der Waals surface area (Å²) in [6.45, 7) is 8.35. The van der Waals surface area contributed by atoms with Crippen LogP contribution in [0.1, 0.15) is 52.6 Å². The number of carbonyl (C=O) groups is 1. The van der Waals surface area contributed by atoms with E-state index in [1.807, 2.05) is 43.8 Å². The zero-order valence-electron chi connectivity index (χ0n) is 16.0. The summed E-state index contributed by atoms with van der Waals surface area (Å²) in [4.78, 5) is 11.8. The molecule has 2 rings (SSSR count). The number of carboxylic acids is 1. The Morgan fingerprint density at radius 3 is 2.54 bits per heavy atom. The highest BCUT2D eigenvalue weighted by Gasteiger charge is 2.22. The molecule has 0 bridgehead atoms. The first kappa shape index (κ1) is 20.6. The summed E-state index contributed by atoms with van der Waals surface area (Å²) in [6.07, 6.45) is 2.32. The predicted molar refractivity (Wildman–Crippen MR) is 110 cm³/mol. The zero-order valence-corrected chi connectivity index (χ0v) is 16.9. The van der Waals surface area contributed by atoms with Crippen molar-refractivity contribution in [3.8, 4) is 0 Å². The molecule has 0 spiro atoms. The maximum atomic E-state index is 11.8. The summed E-state index contributed by atoms with van der Waals surface area (Å²) in [5.41, 5.74) is 4.40. The SMILES string of the molecule is CCCSCCCNCc1c(C(=O)O)c(C)n(Cc2ccccc2)c1C. The minimum Gasteiger partial charge on any atom is -0.478 e. The van der Waals surface area contributed by atoms with Gasteiger partial charge in [-0.05, 0) is 50.3 Å². The molecular weight excluding hydrogens is 344 g/mol. The van der Waals surface area contributed by atoms with Gasteiger partial charge < -0.3 is 15.0 Å². The summed E-state index contributed by atoms with van der Waals surface area (Å²) in [6, 6.07) is 10.2. The van der Waals surface area contributed by atoms with Gasteiger partial charge >= 0.3 is 5.97 Å². The van der Waals surface area contributed by atoms with Crippen molar-refractivity contribution in [1.29, 1.82) is 0 Å². The first-order chi connectivity index (χ1) is 12.6. The van der Waals surface area contributed by atoms with Crippen LogP contribution in [-0.2, 0) is 13.1 Å². The summed E-state index contributed by atoms with van der Waals surface area (Å²) in [7, 11) is 0. The second-order valence-corrected chi connectivity index (χ2v) is 7.77. The number of carboxylic acid groups (broad SMARTS) is 1. The van der Waals surface area contributed by atoms with E-state index in [-0.39, 0.29) is 0 Å². The molecule has 0 saturated carbocycles. The Kier molecular flexibility index (Phi) is 8.26. The van der Waals surface area contributed by atoms with Crippen molar-refractivity contribution >= 4 is 17.7 Å². The lowest BCUT2D eigenvalue weighted by molar-refractivity contribution is 0.0694. The minimum absolute atomic E-state index is 0.450. The van der Waals surface area contributed by atoms with E-state index in [0.29, 0.717) is 18.7 Å². The average Bonchev–Trinajstić information content (AvgIpc) is 2.86. The fraction of sp³-hybridized carbons (Fsp3) is 0.476. The standard InChI is InChI=1S/C21H30N2O2S/c1-4-12-26-13-8-11-22-14-19-16(2)23(17(3)20(19)21(24)25)15-18-9-6-5-7-10-18/h5-7,9-10,22H,4,8,11-15H2,1-3H3,(H,24,25). The van der Waals surface area contributed by atoms with Gasteiger partial charge in [-0.1, -0.05) is 37.3 Å². The molecule has 1 heterocycles. The Hall–Kier alpha value is -1.72. The summed E-state index contributed by atoms with van der Waals surface area (Å²) < 4.78 is 2.12. The van der Waals surface area contributed by atoms with Crippen molar-refractivity contribution in [3.05, 3.63) is 58.4 Å². The fourth-order valence-electron chi connectivity index (χ4n) is 3.21. The van der Waals surface area contributed by atoms with E-state index in [2.05, 4.69) is 28.9 Å². The Bertz CT molecular complexity index is 711. The molecule has 0 fully saturated rings. The largest absolute Gasteiger partial charge is 0.478 e. The number of hydrogen-bond acceptors (Lipinski definition) is 3. The Labute approximate surface area is 161 Å². The predicted octanol–water partition coefficient (Wildman–Crippen LogP) is 4.47. The molecule has 0 aliphatic rings. The third-order valence-electron chi connectivity index (χ3n) is 4.60. The summed E-state index contributed by atoms with van der Waals surface area (Å²) in [5.74, 6) is 1.52. The summed E-state index contributed by atoms with van der Waals surface area (Å²) >= 11 is 1.98. The van der Waals surface area contributed by atoms with Crippen LogP contribution in [0.4, 0.5) is 0 Å². The highest BCUT2D eigenvalue weighted by molar-refractivity contribution is 7.99. The Morgan fingerprint density at radius 1 is 1.15 bits per heavy atom. The van der Waals surface area contributed by atoms with Crippen LogP contribution >= 0.6 is 11.8 Å². The second-order valence-electron chi connectivity index (χ2n) is 6.54. The third kappa shape index (κ3) is 5.39. The van der Waals surface area contributed by atoms with Crippen LogP contribution in [0.3, 0.4) is 0 Å². The number of aromatic carboxylic acids is 1. The van der Waals surface area contributed by atoms with Crippen LogP contribution in [0.25, 0.3) is 0 Å². The van der Waals surface area contributed by atoms with Gasteiger partial charge in [0.25, 0.3) is 0 Å². The van der Waals surface area contributed by atoms with Crippen LogP contribution in [0.5, 0.6) is 0 Å². The van der Waals surface area contributed by atoms with E-state index in [0.717, 1.165) is 35.7 Å². The zero-order chi connectivity index (χ0) is 18.9. The normalized spacial score (nSPS) is 11.0. The van der Waals surface area contributed by atoms with Crippen molar-refractivity contribution < 1.29 is 9.90 Å². The van der Waals surface area contributed by atoms with E-state index < -0.39 is 5.97 Å². The van der Waals surface area contributed by atoms with Gasteiger partial charge in [0, 0.05) is 30.0 Å². The molecule has 0 unspecified atom stereocenters. The molecule has 0 radical (unpaired) electrons. The van der Waals surface area contributed by atoms with E-state index in [1.54, 1.807) is 0 Å². The molecule has 26 heavy (non-hydrogen) atoms. The van der Waals surface area contributed by atoms with Gasteiger partial charge in [-0.2, -0.15) is 11.8 Å². The van der Waals surface area contributed by atoms with Gasteiger partial charge in [-0.3, -0.25) is 0 Å².